The first-order chi connectivity index (χ1) is 8.19. The Bertz CT molecular complexity index is 430. The maximum atomic E-state index is 13.0. The molecule has 90 valence electrons. The summed E-state index contributed by atoms with van der Waals surface area (Å²) in [6.07, 6.45) is 1.92. The van der Waals surface area contributed by atoms with Crippen molar-refractivity contribution in [3.8, 4) is 6.07 Å². The first-order valence-corrected chi connectivity index (χ1v) is 5.76. The monoisotopic (exact) mass is 234 g/mol. The van der Waals surface area contributed by atoms with Gasteiger partial charge in [0.1, 0.15) is 11.9 Å². The van der Waals surface area contributed by atoms with Crippen LogP contribution in [-0.2, 0) is 4.74 Å². The molecule has 0 aromatic heterocycles. The highest BCUT2D eigenvalue weighted by Crippen LogP contribution is 2.23. The van der Waals surface area contributed by atoms with E-state index in [0.717, 1.165) is 12.8 Å². The average Bonchev–Trinajstić information content (AvgIpc) is 2.73. The zero-order chi connectivity index (χ0) is 12.3. The molecule has 3 nitrogen and oxygen atoms in total. The Morgan fingerprint density at radius 2 is 2.35 bits per heavy atom. The van der Waals surface area contributed by atoms with Crippen molar-refractivity contribution in [3.63, 3.8) is 0 Å². The van der Waals surface area contributed by atoms with E-state index in [1.807, 2.05) is 6.92 Å². The molecule has 1 heterocycles. The molecule has 3 atom stereocenters. The summed E-state index contributed by atoms with van der Waals surface area (Å²) in [5.41, 5.74) is 0.611. The Balaban J connectivity index is 2.03. The van der Waals surface area contributed by atoms with Gasteiger partial charge in [-0.25, -0.2) is 4.39 Å². The molecule has 0 amide bonds. The van der Waals surface area contributed by atoms with Crippen molar-refractivity contribution in [2.45, 2.75) is 38.0 Å². The number of hydrogen-bond donors (Lipinski definition) is 1. The van der Waals surface area contributed by atoms with Gasteiger partial charge in [-0.1, -0.05) is 6.07 Å². The standard InChI is InChI=1S/C13H15FN2O/c1-9-5-6-13(17-9)12(8-15)16-11-4-2-3-10(14)7-11/h2-4,7,9,12-13,16H,5-6H2,1H3. The predicted molar refractivity (Wildman–Crippen MR) is 63.0 cm³/mol. The van der Waals surface area contributed by atoms with Crippen LogP contribution in [0.3, 0.4) is 0 Å². The van der Waals surface area contributed by atoms with Crippen LogP contribution >= 0.6 is 0 Å². The van der Waals surface area contributed by atoms with E-state index in [9.17, 15) is 4.39 Å². The molecule has 1 aromatic rings. The van der Waals surface area contributed by atoms with Crippen molar-refractivity contribution in [1.29, 1.82) is 5.26 Å². The lowest BCUT2D eigenvalue weighted by molar-refractivity contribution is 0.0534. The van der Waals surface area contributed by atoms with Gasteiger partial charge < -0.3 is 10.1 Å². The van der Waals surface area contributed by atoms with Gasteiger partial charge in [-0.2, -0.15) is 5.26 Å². The Hall–Kier alpha value is -1.60. The minimum absolute atomic E-state index is 0.113. The molecule has 1 fully saturated rings. The van der Waals surface area contributed by atoms with Gasteiger partial charge in [-0.15, -0.1) is 0 Å². The molecule has 0 saturated carbocycles. The smallest absolute Gasteiger partial charge is 0.141 e. The van der Waals surface area contributed by atoms with E-state index in [2.05, 4.69) is 11.4 Å². The van der Waals surface area contributed by atoms with Crippen LogP contribution in [0.4, 0.5) is 10.1 Å². The van der Waals surface area contributed by atoms with E-state index in [0.29, 0.717) is 5.69 Å². The molecule has 1 aromatic carbocycles. The second kappa shape index (κ2) is 5.15. The number of ether oxygens (including phenoxy) is 1. The van der Waals surface area contributed by atoms with Crippen molar-refractivity contribution in [1.82, 2.24) is 0 Å². The first-order valence-electron chi connectivity index (χ1n) is 5.76. The van der Waals surface area contributed by atoms with Gasteiger partial charge in [0.25, 0.3) is 0 Å². The fourth-order valence-electron chi connectivity index (χ4n) is 2.04. The largest absolute Gasteiger partial charge is 0.372 e. The van der Waals surface area contributed by atoms with E-state index < -0.39 is 6.04 Å². The molecule has 1 saturated heterocycles. The third-order valence-corrected chi connectivity index (χ3v) is 2.92. The van der Waals surface area contributed by atoms with Crippen LogP contribution in [0.25, 0.3) is 0 Å². The Morgan fingerprint density at radius 1 is 1.53 bits per heavy atom. The molecule has 0 spiro atoms. The molecule has 1 aliphatic heterocycles. The molecule has 17 heavy (non-hydrogen) atoms. The molecular formula is C13H15FN2O. The maximum absolute atomic E-state index is 13.0. The average molecular weight is 234 g/mol. The third kappa shape index (κ3) is 2.95. The summed E-state index contributed by atoms with van der Waals surface area (Å²) in [5, 5.41) is 12.1. The summed E-state index contributed by atoms with van der Waals surface area (Å²) in [6, 6.07) is 7.86. The number of anilines is 1. The van der Waals surface area contributed by atoms with Crippen molar-refractivity contribution < 1.29 is 9.13 Å². The quantitative estimate of drug-likeness (QED) is 0.874. The maximum Gasteiger partial charge on any atom is 0.141 e. The molecule has 1 N–H and O–H groups in total. The van der Waals surface area contributed by atoms with E-state index in [4.69, 9.17) is 10.00 Å². The molecule has 0 bridgehead atoms. The highest BCUT2D eigenvalue weighted by molar-refractivity contribution is 5.45. The van der Waals surface area contributed by atoms with E-state index in [-0.39, 0.29) is 18.0 Å². The lowest BCUT2D eigenvalue weighted by Crippen LogP contribution is -2.32. The van der Waals surface area contributed by atoms with Gasteiger partial charge in [-0.3, -0.25) is 0 Å². The highest BCUT2D eigenvalue weighted by Gasteiger charge is 2.29. The van der Waals surface area contributed by atoms with Gasteiger partial charge in [-0.05, 0) is 38.0 Å². The number of benzene rings is 1. The summed E-state index contributed by atoms with van der Waals surface area (Å²) >= 11 is 0. The molecular weight excluding hydrogens is 219 g/mol. The van der Waals surface area contributed by atoms with E-state index in [1.165, 1.54) is 12.1 Å². The Labute approximate surface area is 100 Å². The van der Waals surface area contributed by atoms with Gasteiger partial charge in [0.15, 0.2) is 0 Å². The lowest BCUT2D eigenvalue weighted by atomic mass is 10.1. The van der Waals surface area contributed by atoms with Gasteiger partial charge in [0.05, 0.1) is 18.3 Å². The van der Waals surface area contributed by atoms with Crippen molar-refractivity contribution >= 4 is 5.69 Å². The second-order valence-corrected chi connectivity index (χ2v) is 4.32. The highest BCUT2D eigenvalue weighted by atomic mass is 19.1. The lowest BCUT2D eigenvalue weighted by Gasteiger charge is -2.19. The fourth-order valence-corrected chi connectivity index (χ4v) is 2.04. The number of nitriles is 1. The summed E-state index contributed by atoms with van der Waals surface area (Å²) in [5.74, 6) is -0.313. The normalized spacial score (nSPS) is 25.2. The predicted octanol–water partition coefficient (Wildman–Crippen LogP) is 2.70. The number of halogens is 1. The number of rotatable bonds is 3. The number of hydrogen-bond acceptors (Lipinski definition) is 3. The van der Waals surface area contributed by atoms with Crippen LogP contribution in [0.2, 0.25) is 0 Å². The van der Waals surface area contributed by atoms with Gasteiger partial charge >= 0.3 is 0 Å². The zero-order valence-corrected chi connectivity index (χ0v) is 9.69. The van der Waals surface area contributed by atoms with Crippen molar-refractivity contribution in [2.24, 2.45) is 0 Å². The van der Waals surface area contributed by atoms with Crippen LogP contribution in [0.5, 0.6) is 0 Å². The molecule has 0 aliphatic carbocycles. The SMILES string of the molecule is CC1CCC(C(C#N)Nc2cccc(F)c2)O1. The first kappa shape index (κ1) is 11.9. The molecule has 2 rings (SSSR count). The van der Waals surface area contributed by atoms with Gasteiger partial charge in [0, 0.05) is 5.69 Å². The zero-order valence-electron chi connectivity index (χ0n) is 9.69. The fraction of sp³-hybridized carbons (Fsp3) is 0.462. The van der Waals surface area contributed by atoms with E-state index in [1.54, 1.807) is 12.1 Å². The van der Waals surface area contributed by atoms with Crippen LogP contribution < -0.4 is 5.32 Å². The second-order valence-electron chi connectivity index (χ2n) is 4.32. The minimum atomic E-state index is -0.429. The summed E-state index contributed by atoms with van der Waals surface area (Å²) < 4.78 is 18.6. The number of nitrogens with one attached hydrogen (secondary N) is 1. The molecule has 1 aliphatic rings. The van der Waals surface area contributed by atoms with Crippen molar-refractivity contribution in [3.05, 3.63) is 30.1 Å². The molecule has 3 unspecified atom stereocenters. The summed E-state index contributed by atoms with van der Waals surface area (Å²) in [4.78, 5) is 0. The Kier molecular flexibility index (Phi) is 3.60. The summed E-state index contributed by atoms with van der Waals surface area (Å²) in [6.45, 7) is 2.00. The minimum Gasteiger partial charge on any atom is -0.372 e. The molecule has 4 heteroatoms. The Morgan fingerprint density at radius 3 is 2.94 bits per heavy atom. The number of nitrogens with zero attached hydrogens (tertiary/aromatic N) is 1. The molecule has 0 radical (unpaired) electrons. The van der Waals surface area contributed by atoms with Crippen LogP contribution in [0, 0.1) is 17.1 Å². The topological polar surface area (TPSA) is 45.0 Å². The van der Waals surface area contributed by atoms with Crippen molar-refractivity contribution in [2.75, 3.05) is 5.32 Å². The van der Waals surface area contributed by atoms with Crippen LogP contribution in [0.15, 0.2) is 24.3 Å². The third-order valence-electron chi connectivity index (χ3n) is 2.92. The summed E-state index contributed by atoms with van der Waals surface area (Å²) in [7, 11) is 0. The van der Waals surface area contributed by atoms with Gasteiger partial charge in [0.2, 0.25) is 0 Å². The van der Waals surface area contributed by atoms with E-state index >= 15 is 0 Å². The van der Waals surface area contributed by atoms with Crippen LogP contribution in [0.1, 0.15) is 19.8 Å². The van der Waals surface area contributed by atoms with Crippen LogP contribution in [-0.4, -0.2) is 18.2 Å².